The highest BCUT2D eigenvalue weighted by molar-refractivity contribution is 7.92. The van der Waals surface area contributed by atoms with E-state index in [4.69, 9.17) is 0 Å². The zero-order valence-electron chi connectivity index (χ0n) is 12.8. The van der Waals surface area contributed by atoms with Crippen LogP contribution in [0.4, 0.5) is 16.2 Å². The Labute approximate surface area is 135 Å². The lowest BCUT2D eigenvalue weighted by Crippen LogP contribution is -2.35. The maximum absolute atomic E-state index is 12.4. The molecule has 6 nitrogen and oxygen atoms in total. The van der Waals surface area contributed by atoms with Crippen molar-refractivity contribution in [1.82, 2.24) is 4.90 Å². The SMILES string of the molecule is Cc1cccc(S(=O)(=O)Nc2ccc3c(c2)CN(C)C(=O)N3)c1. The summed E-state index contributed by atoms with van der Waals surface area (Å²) < 4.78 is 27.5. The van der Waals surface area contributed by atoms with Crippen LogP contribution in [0.25, 0.3) is 0 Å². The smallest absolute Gasteiger partial charge is 0.321 e. The lowest BCUT2D eigenvalue weighted by atomic mass is 10.1. The highest BCUT2D eigenvalue weighted by Crippen LogP contribution is 2.27. The van der Waals surface area contributed by atoms with Crippen molar-refractivity contribution in [2.75, 3.05) is 17.1 Å². The van der Waals surface area contributed by atoms with Crippen molar-refractivity contribution in [3.05, 3.63) is 53.6 Å². The minimum absolute atomic E-state index is 0.175. The molecule has 0 bridgehead atoms. The summed E-state index contributed by atoms with van der Waals surface area (Å²) in [4.78, 5) is 13.3. The number of aryl methyl sites for hydroxylation is 1. The molecule has 0 spiro atoms. The fourth-order valence-electron chi connectivity index (χ4n) is 2.44. The Morgan fingerprint density at radius 1 is 1.17 bits per heavy atom. The molecule has 2 amide bonds. The van der Waals surface area contributed by atoms with Gasteiger partial charge in [0.05, 0.1) is 4.90 Å². The molecule has 0 aliphatic carbocycles. The van der Waals surface area contributed by atoms with E-state index in [1.54, 1.807) is 43.4 Å². The fraction of sp³-hybridized carbons (Fsp3) is 0.188. The number of carbonyl (C=O) groups excluding carboxylic acids is 1. The molecule has 23 heavy (non-hydrogen) atoms. The molecule has 0 atom stereocenters. The van der Waals surface area contributed by atoms with Gasteiger partial charge in [-0.1, -0.05) is 12.1 Å². The minimum Gasteiger partial charge on any atom is -0.323 e. The Bertz CT molecular complexity index is 878. The van der Waals surface area contributed by atoms with Crippen molar-refractivity contribution in [3.63, 3.8) is 0 Å². The van der Waals surface area contributed by atoms with Crippen molar-refractivity contribution in [3.8, 4) is 0 Å². The van der Waals surface area contributed by atoms with Crippen LogP contribution in [0, 0.1) is 6.92 Å². The molecule has 0 saturated heterocycles. The van der Waals surface area contributed by atoms with Gasteiger partial charge in [-0.05, 0) is 48.4 Å². The number of rotatable bonds is 3. The molecule has 0 fully saturated rings. The summed E-state index contributed by atoms with van der Waals surface area (Å²) >= 11 is 0. The largest absolute Gasteiger partial charge is 0.323 e. The van der Waals surface area contributed by atoms with Crippen molar-refractivity contribution >= 4 is 27.4 Å². The first-order valence-electron chi connectivity index (χ1n) is 7.10. The highest BCUT2D eigenvalue weighted by atomic mass is 32.2. The van der Waals surface area contributed by atoms with Crippen molar-refractivity contribution in [2.24, 2.45) is 0 Å². The van der Waals surface area contributed by atoms with Gasteiger partial charge in [0, 0.05) is 25.0 Å². The van der Waals surface area contributed by atoms with Crippen LogP contribution < -0.4 is 10.0 Å². The molecule has 1 aliphatic rings. The second-order valence-corrected chi connectivity index (χ2v) is 7.26. The van der Waals surface area contributed by atoms with Gasteiger partial charge in [0.15, 0.2) is 0 Å². The summed E-state index contributed by atoms with van der Waals surface area (Å²) in [5, 5.41) is 2.75. The van der Waals surface area contributed by atoms with Gasteiger partial charge in [-0.2, -0.15) is 0 Å². The molecule has 2 N–H and O–H groups in total. The second-order valence-electron chi connectivity index (χ2n) is 5.58. The first kappa shape index (κ1) is 15.4. The monoisotopic (exact) mass is 331 g/mol. The first-order valence-corrected chi connectivity index (χ1v) is 8.58. The zero-order valence-corrected chi connectivity index (χ0v) is 13.6. The molecule has 7 heteroatoms. The van der Waals surface area contributed by atoms with E-state index < -0.39 is 10.0 Å². The van der Waals surface area contributed by atoms with E-state index in [0.717, 1.165) is 11.1 Å². The molecule has 120 valence electrons. The third kappa shape index (κ3) is 3.14. The molecular formula is C16H17N3O3S. The molecule has 2 aromatic rings. The molecule has 1 heterocycles. The Kier molecular flexibility index (Phi) is 3.73. The quantitative estimate of drug-likeness (QED) is 0.908. The number of hydrogen-bond donors (Lipinski definition) is 2. The van der Waals surface area contributed by atoms with Crippen LogP contribution in [0.15, 0.2) is 47.4 Å². The predicted octanol–water partition coefficient (Wildman–Crippen LogP) is 2.77. The van der Waals surface area contributed by atoms with E-state index in [1.165, 1.54) is 4.90 Å². The van der Waals surface area contributed by atoms with Crippen LogP contribution >= 0.6 is 0 Å². The fourth-order valence-corrected chi connectivity index (χ4v) is 3.60. The van der Waals surface area contributed by atoms with E-state index in [2.05, 4.69) is 10.0 Å². The maximum atomic E-state index is 12.4. The van der Waals surface area contributed by atoms with Gasteiger partial charge in [-0.15, -0.1) is 0 Å². The summed E-state index contributed by atoms with van der Waals surface area (Å²) in [6.07, 6.45) is 0. The number of urea groups is 1. The van der Waals surface area contributed by atoms with Crippen molar-refractivity contribution in [1.29, 1.82) is 0 Å². The van der Waals surface area contributed by atoms with Crippen LogP contribution in [0.5, 0.6) is 0 Å². The van der Waals surface area contributed by atoms with E-state index >= 15 is 0 Å². The molecule has 1 aliphatic heterocycles. The second kappa shape index (κ2) is 5.58. The Hall–Kier alpha value is -2.54. The van der Waals surface area contributed by atoms with Crippen LogP contribution in [-0.4, -0.2) is 26.4 Å². The number of hydrogen-bond acceptors (Lipinski definition) is 3. The van der Waals surface area contributed by atoms with Crippen LogP contribution in [0.2, 0.25) is 0 Å². The van der Waals surface area contributed by atoms with Gasteiger partial charge in [-0.25, -0.2) is 13.2 Å². The van der Waals surface area contributed by atoms with Gasteiger partial charge in [0.2, 0.25) is 0 Å². The van der Waals surface area contributed by atoms with E-state index in [1.807, 2.05) is 13.0 Å². The van der Waals surface area contributed by atoms with E-state index in [-0.39, 0.29) is 10.9 Å². The summed E-state index contributed by atoms with van der Waals surface area (Å²) in [7, 11) is -1.96. The number of benzene rings is 2. The average Bonchev–Trinajstić information content (AvgIpc) is 2.48. The summed E-state index contributed by atoms with van der Waals surface area (Å²) in [6.45, 7) is 2.28. The topological polar surface area (TPSA) is 78.5 Å². The lowest BCUT2D eigenvalue weighted by molar-refractivity contribution is 0.218. The number of amides is 2. The number of nitrogens with zero attached hydrogens (tertiary/aromatic N) is 1. The molecule has 3 rings (SSSR count). The summed E-state index contributed by atoms with van der Waals surface area (Å²) in [6, 6.07) is 11.6. The van der Waals surface area contributed by atoms with Gasteiger partial charge < -0.3 is 10.2 Å². The van der Waals surface area contributed by atoms with Crippen LogP contribution in [0.1, 0.15) is 11.1 Å². The molecule has 0 saturated carbocycles. The maximum Gasteiger partial charge on any atom is 0.321 e. The van der Waals surface area contributed by atoms with Crippen LogP contribution in [0.3, 0.4) is 0 Å². The van der Waals surface area contributed by atoms with Gasteiger partial charge in [0.25, 0.3) is 10.0 Å². The molecule has 0 radical (unpaired) electrons. The van der Waals surface area contributed by atoms with Gasteiger partial charge in [-0.3, -0.25) is 4.72 Å². The first-order chi connectivity index (χ1) is 10.8. The average molecular weight is 331 g/mol. The lowest BCUT2D eigenvalue weighted by Gasteiger charge is -2.26. The minimum atomic E-state index is -3.64. The van der Waals surface area contributed by atoms with Crippen molar-refractivity contribution < 1.29 is 13.2 Å². The molecule has 0 aromatic heterocycles. The number of nitrogens with one attached hydrogen (secondary N) is 2. The normalized spacial score (nSPS) is 14.2. The number of anilines is 2. The Morgan fingerprint density at radius 2 is 1.96 bits per heavy atom. The zero-order chi connectivity index (χ0) is 16.6. The van der Waals surface area contributed by atoms with Crippen molar-refractivity contribution in [2.45, 2.75) is 18.4 Å². The highest BCUT2D eigenvalue weighted by Gasteiger charge is 2.20. The number of sulfonamides is 1. The van der Waals surface area contributed by atoms with Gasteiger partial charge >= 0.3 is 6.03 Å². The van der Waals surface area contributed by atoms with E-state index in [9.17, 15) is 13.2 Å². The Balaban J connectivity index is 1.89. The third-order valence-corrected chi connectivity index (χ3v) is 5.03. The van der Waals surface area contributed by atoms with Crippen LogP contribution in [-0.2, 0) is 16.6 Å². The molecule has 2 aromatic carbocycles. The third-order valence-electron chi connectivity index (χ3n) is 3.65. The van der Waals surface area contributed by atoms with E-state index in [0.29, 0.717) is 17.9 Å². The molecular weight excluding hydrogens is 314 g/mol. The molecule has 0 unspecified atom stereocenters. The number of carbonyl (C=O) groups is 1. The summed E-state index contributed by atoms with van der Waals surface area (Å²) in [5.74, 6) is 0. The predicted molar refractivity (Wildman–Crippen MR) is 88.9 cm³/mol. The standard InChI is InChI=1S/C16H17N3O3S/c1-11-4-3-5-14(8-11)23(21,22)18-13-6-7-15-12(9-13)10-19(2)16(20)17-15/h3-9,18H,10H2,1-2H3,(H,17,20). The summed E-state index contributed by atoms with van der Waals surface area (Å²) in [5.41, 5.74) is 2.90. The Morgan fingerprint density at radius 3 is 2.70 bits per heavy atom. The number of fused-ring (bicyclic) bond motifs is 1. The van der Waals surface area contributed by atoms with Gasteiger partial charge in [0.1, 0.15) is 0 Å².